The first-order valence-corrected chi connectivity index (χ1v) is 7.19. The van der Waals surface area contributed by atoms with E-state index >= 15 is 0 Å². The Morgan fingerprint density at radius 1 is 1.38 bits per heavy atom. The number of anilines is 2. The summed E-state index contributed by atoms with van der Waals surface area (Å²) in [7, 11) is 5.55. The van der Waals surface area contributed by atoms with Crippen LogP contribution >= 0.6 is 11.3 Å². The molecule has 0 amide bonds. The van der Waals surface area contributed by atoms with E-state index in [0.717, 1.165) is 4.88 Å². The van der Waals surface area contributed by atoms with Gasteiger partial charge >= 0.3 is 0 Å². The summed E-state index contributed by atoms with van der Waals surface area (Å²) in [5.41, 5.74) is 6.73. The van der Waals surface area contributed by atoms with Crippen molar-refractivity contribution in [2.24, 2.45) is 12.0 Å². The van der Waals surface area contributed by atoms with Crippen molar-refractivity contribution >= 4 is 46.2 Å². The number of fused-ring (bicyclic) bond motifs is 1. The van der Waals surface area contributed by atoms with Gasteiger partial charge in [-0.2, -0.15) is 15.1 Å². The van der Waals surface area contributed by atoms with E-state index in [1.165, 1.54) is 0 Å². The van der Waals surface area contributed by atoms with Crippen LogP contribution in [0.5, 0.6) is 0 Å². The number of nitrogens with two attached hydrogens (primary N) is 1. The molecule has 0 atom stereocenters. The van der Waals surface area contributed by atoms with Gasteiger partial charge in [0.1, 0.15) is 11.2 Å². The van der Waals surface area contributed by atoms with Gasteiger partial charge < -0.3 is 10.6 Å². The third-order valence-corrected chi connectivity index (χ3v) is 3.75. The van der Waals surface area contributed by atoms with Gasteiger partial charge in [0, 0.05) is 32.2 Å². The van der Waals surface area contributed by atoms with E-state index in [2.05, 4.69) is 20.1 Å². The van der Waals surface area contributed by atoms with Crippen molar-refractivity contribution in [3.05, 3.63) is 22.4 Å². The molecule has 3 aromatic heterocycles. The zero-order valence-corrected chi connectivity index (χ0v) is 12.8. The Morgan fingerprint density at radius 3 is 2.86 bits per heavy atom. The topological polar surface area (TPSA) is 85.2 Å². The predicted molar refractivity (Wildman–Crippen MR) is 86.6 cm³/mol. The first-order chi connectivity index (χ1) is 10.1. The van der Waals surface area contributed by atoms with Crippen LogP contribution < -0.4 is 10.6 Å². The maximum atomic E-state index is 6.06. The lowest BCUT2D eigenvalue weighted by Gasteiger charge is -2.10. The maximum Gasteiger partial charge on any atom is 0.228 e. The number of hydrogen-bond donors (Lipinski definition) is 1. The highest BCUT2D eigenvalue weighted by molar-refractivity contribution is 7.11. The smallest absolute Gasteiger partial charge is 0.228 e. The molecule has 108 valence electrons. The number of aromatic nitrogens is 4. The third kappa shape index (κ3) is 2.45. The van der Waals surface area contributed by atoms with Crippen LogP contribution in [-0.4, -0.2) is 40.1 Å². The van der Waals surface area contributed by atoms with E-state index in [1.807, 2.05) is 38.7 Å². The molecule has 0 aliphatic heterocycles. The summed E-state index contributed by atoms with van der Waals surface area (Å²) in [6.07, 6.45) is 1.77. The summed E-state index contributed by atoms with van der Waals surface area (Å²) in [4.78, 5) is 16.0. The van der Waals surface area contributed by atoms with E-state index < -0.39 is 0 Å². The normalized spacial score (nSPS) is 11.6. The summed E-state index contributed by atoms with van der Waals surface area (Å²) in [6.45, 7) is 0. The molecule has 21 heavy (non-hydrogen) atoms. The number of aryl methyl sites for hydroxylation is 1. The molecule has 0 aliphatic rings. The molecule has 0 aromatic carbocycles. The molecule has 0 saturated heterocycles. The average molecular weight is 301 g/mol. The standard InChI is InChI=1S/C13H15N7S/c1-19(2)13-16-10(14)9-11(18-20(3)12(9)17-13)15-7-8-5-4-6-21-8/h4-7H,1-3H3,(H2,14,16,17). The van der Waals surface area contributed by atoms with Crippen LogP contribution in [0.25, 0.3) is 11.0 Å². The van der Waals surface area contributed by atoms with Crippen molar-refractivity contribution in [3.63, 3.8) is 0 Å². The first kappa shape index (κ1) is 13.5. The second kappa shape index (κ2) is 5.13. The summed E-state index contributed by atoms with van der Waals surface area (Å²) in [6, 6.07) is 3.96. The molecule has 3 rings (SSSR count). The molecule has 3 heterocycles. The van der Waals surface area contributed by atoms with Gasteiger partial charge in [0.15, 0.2) is 11.5 Å². The summed E-state index contributed by atoms with van der Waals surface area (Å²) in [5, 5.41) is 7.05. The van der Waals surface area contributed by atoms with Crippen molar-refractivity contribution < 1.29 is 0 Å². The molecular weight excluding hydrogens is 286 g/mol. The number of hydrogen-bond acceptors (Lipinski definition) is 7. The molecule has 8 heteroatoms. The van der Waals surface area contributed by atoms with Crippen molar-refractivity contribution in [1.29, 1.82) is 0 Å². The molecule has 0 bridgehead atoms. The molecule has 0 unspecified atom stereocenters. The van der Waals surface area contributed by atoms with Crippen LogP contribution in [0.15, 0.2) is 22.5 Å². The number of nitrogen functional groups attached to an aromatic ring is 1. The van der Waals surface area contributed by atoms with E-state index in [9.17, 15) is 0 Å². The van der Waals surface area contributed by atoms with Crippen LogP contribution in [0, 0.1) is 0 Å². The zero-order chi connectivity index (χ0) is 15.0. The van der Waals surface area contributed by atoms with Gasteiger partial charge in [-0.25, -0.2) is 9.67 Å². The molecule has 3 aromatic rings. The fraction of sp³-hybridized carbons (Fsp3) is 0.231. The number of thiophene rings is 1. The quantitative estimate of drug-likeness (QED) is 0.746. The highest BCUT2D eigenvalue weighted by Crippen LogP contribution is 2.29. The number of rotatable bonds is 3. The van der Waals surface area contributed by atoms with Gasteiger partial charge in [-0.1, -0.05) is 6.07 Å². The average Bonchev–Trinajstić information content (AvgIpc) is 3.05. The van der Waals surface area contributed by atoms with Crippen LogP contribution in [0.1, 0.15) is 4.88 Å². The lowest BCUT2D eigenvalue weighted by molar-refractivity contribution is 0.785. The van der Waals surface area contributed by atoms with Crippen molar-refractivity contribution in [2.75, 3.05) is 24.7 Å². The predicted octanol–water partition coefficient (Wildman–Crippen LogP) is 1.82. The van der Waals surface area contributed by atoms with E-state index in [-0.39, 0.29) is 0 Å². The fourth-order valence-electron chi connectivity index (χ4n) is 1.92. The first-order valence-electron chi connectivity index (χ1n) is 6.31. The Hall–Kier alpha value is -2.48. The minimum absolute atomic E-state index is 0.384. The van der Waals surface area contributed by atoms with Gasteiger partial charge in [0.25, 0.3) is 0 Å². The molecule has 0 spiro atoms. The van der Waals surface area contributed by atoms with Crippen molar-refractivity contribution in [3.8, 4) is 0 Å². The van der Waals surface area contributed by atoms with E-state index in [4.69, 9.17) is 5.73 Å². The van der Waals surface area contributed by atoms with E-state index in [0.29, 0.717) is 28.6 Å². The van der Waals surface area contributed by atoms with Crippen molar-refractivity contribution in [2.45, 2.75) is 0 Å². The van der Waals surface area contributed by atoms with Crippen LogP contribution in [0.4, 0.5) is 17.6 Å². The minimum Gasteiger partial charge on any atom is -0.383 e. The lowest BCUT2D eigenvalue weighted by atomic mass is 10.3. The van der Waals surface area contributed by atoms with Gasteiger partial charge in [-0.05, 0) is 11.4 Å². The maximum absolute atomic E-state index is 6.06. The second-order valence-electron chi connectivity index (χ2n) is 4.72. The molecule has 2 N–H and O–H groups in total. The molecule has 0 aliphatic carbocycles. The molecule has 0 saturated carbocycles. The third-order valence-electron chi connectivity index (χ3n) is 2.94. The largest absolute Gasteiger partial charge is 0.383 e. The minimum atomic E-state index is 0.384. The van der Waals surface area contributed by atoms with Gasteiger partial charge in [0.05, 0.1) is 0 Å². The molecule has 0 fully saturated rings. The van der Waals surface area contributed by atoms with Gasteiger partial charge in [-0.15, -0.1) is 11.3 Å². The van der Waals surface area contributed by atoms with Crippen molar-refractivity contribution in [1.82, 2.24) is 19.7 Å². The Labute approximate surface area is 125 Å². The van der Waals surface area contributed by atoms with E-state index in [1.54, 1.807) is 27.1 Å². The SMILES string of the molecule is CN(C)c1nc(N)c2c(N=Cc3cccs3)nn(C)c2n1. The van der Waals surface area contributed by atoms with Crippen LogP contribution in [0.3, 0.4) is 0 Å². The Morgan fingerprint density at radius 2 is 2.19 bits per heavy atom. The summed E-state index contributed by atoms with van der Waals surface area (Å²) >= 11 is 1.61. The molecule has 7 nitrogen and oxygen atoms in total. The molecule has 0 radical (unpaired) electrons. The highest BCUT2D eigenvalue weighted by atomic mass is 32.1. The second-order valence-corrected chi connectivity index (χ2v) is 5.70. The highest BCUT2D eigenvalue weighted by Gasteiger charge is 2.15. The van der Waals surface area contributed by atoms with Crippen LogP contribution in [-0.2, 0) is 7.05 Å². The Kier molecular flexibility index (Phi) is 3.30. The molecular formula is C13H15N7S. The zero-order valence-electron chi connectivity index (χ0n) is 12.0. The number of nitrogens with zero attached hydrogens (tertiary/aromatic N) is 6. The van der Waals surface area contributed by atoms with Crippen LogP contribution in [0.2, 0.25) is 0 Å². The summed E-state index contributed by atoms with van der Waals surface area (Å²) in [5.74, 6) is 1.47. The Balaban J connectivity index is 2.12. The lowest BCUT2D eigenvalue weighted by Crippen LogP contribution is -2.14. The number of aliphatic imine (C=N–C) groups is 1. The van der Waals surface area contributed by atoms with Gasteiger partial charge in [-0.3, -0.25) is 0 Å². The monoisotopic (exact) mass is 301 g/mol. The summed E-state index contributed by atoms with van der Waals surface area (Å²) < 4.78 is 1.67. The fourth-order valence-corrected chi connectivity index (χ4v) is 2.51. The Bertz CT molecular complexity index is 802. The van der Waals surface area contributed by atoms with Gasteiger partial charge in [0.2, 0.25) is 5.95 Å².